The summed E-state index contributed by atoms with van der Waals surface area (Å²) in [5.41, 5.74) is 0.697. The predicted octanol–water partition coefficient (Wildman–Crippen LogP) is 2.21. The number of rotatable bonds is 6. The third-order valence-electron chi connectivity index (χ3n) is 3.47. The lowest BCUT2D eigenvalue weighted by molar-refractivity contribution is 0.0827. The third kappa shape index (κ3) is 4.21. The summed E-state index contributed by atoms with van der Waals surface area (Å²) in [6.45, 7) is 0. The summed E-state index contributed by atoms with van der Waals surface area (Å²) >= 11 is 0. The molecule has 0 aliphatic rings. The molecular formula is C17H20N2O5S. The maximum Gasteiger partial charge on any atom is 0.262 e. The van der Waals surface area contributed by atoms with Gasteiger partial charge in [0.1, 0.15) is 11.5 Å². The number of nitrogens with one attached hydrogen (secondary N) is 1. The smallest absolute Gasteiger partial charge is 0.262 e. The molecule has 0 radical (unpaired) electrons. The molecule has 2 aromatic rings. The Kier molecular flexibility index (Phi) is 5.53. The number of benzene rings is 2. The minimum atomic E-state index is -3.82. The topological polar surface area (TPSA) is 84.9 Å². The molecule has 0 bridgehead atoms. The van der Waals surface area contributed by atoms with Crippen molar-refractivity contribution >= 4 is 21.6 Å². The minimum Gasteiger partial charge on any atom is -0.497 e. The van der Waals surface area contributed by atoms with Gasteiger partial charge in [-0.2, -0.15) is 0 Å². The van der Waals surface area contributed by atoms with Crippen LogP contribution in [0.15, 0.2) is 47.4 Å². The second kappa shape index (κ2) is 7.43. The van der Waals surface area contributed by atoms with Crippen LogP contribution in [-0.2, 0) is 10.0 Å². The van der Waals surface area contributed by atoms with Gasteiger partial charge in [0.2, 0.25) is 0 Å². The van der Waals surface area contributed by atoms with Crippen LogP contribution in [0.4, 0.5) is 5.69 Å². The van der Waals surface area contributed by atoms with Crippen LogP contribution in [0.1, 0.15) is 10.4 Å². The molecule has 2 aromatic carbocycles. The van der Waals surface area contributed by atoms with E-state index < -0.39 is 10.0 Å². The van der Waals surface area contributed by atoms with E-state index in [1.54, 1.807) is 32.3 Å². The molecule has 0 saturated heterocycles. The van der Waals surface area contributed by atoms with E-state index in [9.17, 15) is 13.2 Å². The van der Waals surface area contributed by atoms with Crippen LogP contribution >= 0.6 is 0 Å². The van der Waals surface area contributed by atoms with Crippen LogP contribution in [0.25, 0.3) is 0 Å². The Morgan fingerprint density at radius 2 is 1.64 bits per heavy atom. The molecule has 8 heteroatoms. The molecule has 0 saturated carbocycles. The standard InChI is InChI=1S/C17H20N2O5S/c1-19(2)17(20)12-5-8-14(9-6-12)25(21,22)18-15-10-7-13(23-3)11-16(15)24-4/h5-11,18H,1-4H3. The highest BCUT2D eigenvalue weighted by Crippen LogP contribution is 2.30. The minimum absolute atomic E-state index is 0.0423. The molecule has 1 amide bonds. The Hall–Kier alpha value is -2.74. The first-order valence-corrected chi connectivity index (χ1v) is 8.83. The maximum absolute atomic E-state index is 12.5. The summed E-state index contributed by atoms with van der Waals surface area (Å²) in [5.74, 6) is 0.683. The number of hydrogen-bond acceptors (Lipinski definition) is 5. The van der Waals surface area contributed by atoms with Crippen molar-refractivity contribution in [1.82, 2.24) is 4.90 Å². The van der Waals surface area contributed by atoms with E-state index in [2.05, 4.69) is 4.72 Å². The molecule has 2 rings (SSSR count). The molecule has 134 valence electrons. The van der Waals surface area contributed by atoms with Crippen molar-refractivity contribution in [3.63, 3.8) is 0 Å². The average Bonchev–Trinajstić information content (AvgIpc) is 2.61. The number of ether oxygens (including phenoxy) is 2. The van der Waals surface area contributed by atoms with Gasteiger partial charge >= 0.3 is 0 Å². The average molecular weight is 364 g/mol. The number of hydrogen-bond donors (Lipinski definition) is 1. The summed E-state index contributed by atoms with van der Waals surface area (Å²) in [7, 11) is 2.38. The highest BCUT2D eigenvalue weighted by Gasteiger charge is 2.18. The Morgan fingerprint density at radius 3 is 2.16 bits per heavy atom. The summed E-state index contributed by atoms with van der Waals surface area (Å²) in [6.07, 6.45) is 0. The Balaban J connectivity index is 2.29. The van der Waals surface area contributed by atoms with Crippen LogP contribution in [-0.4, -0.2) is 47.5 Å². The van der Waals surface area contributed by atoms with Gasteiger partial charge in [-0.25, -0.2) is 8.42 Å². The van der Waals surface area contributed by atoms with Gasteiger partial charge in [0.15, 0.2) is 0 Å². The summed E-state index contributed by atoms with van der Waals surface area (Å²) < 4.78 is 37.8. The first-order valence-electron chi connectivity index (χ1n) is 7.35. The quantitative estimate of drug-likeness (QED) is 0.849. The third-order valence-corrected chi connectivity index (χ3v) is 4.85. The number of carbonyl (C=O) groups excluding carboxylic acids is 1. The number of anilines is 1. The van der Waals surface area contributed by atoms with Gasteiger partial charge in [-0.05, 0) is 36.4 Å². The maximum atomic E-state index is 12.5. The van der Waals surface area contributed by atoms with E-state index in [1.807, 2.05) is 0 Å². The zero-order valence-corrected chi connectivity index (χ0v) is 15.3. The van der Waals surface area contributed by atoms with Crippen LogP contribution in [0.5, 0.6) is 11.5 Å². The number of carbonyl (C=O) groups is 1. The molecule has 25 heavy (non-hydrogen) atoms. The monoisotopic (exact) mass is 364 g/mol. The molecule has 1 N–H and O–H groups in total. The van der Waals surface area contributed by atoms with Crippen molar-refractivity contribution in [2.75, 3.05) is 33.0 Å². The fourth-order valence-corrected chi connectivity index (χ4v) is 3.19. The first kappa shape index (κ1) is 18.6. The van der Waals surface area contributed by atoms with Gasteiger partial charge < -0.3 is 14.4 Å². The van der Waals surface area contributed by atoms with E-state index in [1.165, 1.54) is 43.4 Å². The largest absolute Gasteiger partial charge is 0.497 e. The SMILES string of the molecule is COc1ccc(NS(=O)(=O)c2ccc(C(=O)N(C)C)cc2)c(OC)c1. The molecule has 0 spiro atoms. The number of amides is 1. The van der Waals surface area contributed by atoms with E-state index in [4.69, 9.17) is 9.47 Å². The predicted molar refractivity (Wildman–Crippen MR) is 94.8 cm³/mol. The van der Waals surface area contributed by atoms with Gasteiger partial charge in [0.25, 0.3) is 15.9 Å². The number of nitrogens with zero attached hydrogens (tertiary/aromatic N) is 1. The molecular weight excluding hydrogens is 344 g/mol. The zero-order valence-electron chi connectivity index (χ0n) is 14.4. The molecule has 7 nitrogen and oxygen atoms in total. The number of sulfonamides is 1. The van der Waals surface area contributed by atoms with E-state index in [0.29, 0.717) is 17.1 Å². The van der Waals surface area contributed by atoms with Gasteiger partial charge in [0, 0.05) is 25.7 Å². The van der Waals surface area contributed by atoms with Crippen molar-refractivity contribution < 1.29 is 22.7 Å². The fourth-order valence-electron chi connectivity index (χ4n) is 2.12. The Morgan fingerprint density at radius 1 is 1.00 bits per heavy atom. The van der Waals surface area contributed by atoms with E-state index >= 15 is 0 Å². The molecule has 0 heterocycles. The summed E-state index contributed by atoms with van der Waals surface area (Å²) in [6, 6.07) is 10.5. The summed E-state index contributed by atoms with van der Waals surface area (Å²) in [4.78, 5) is 13.3. The zero-order chi connectivity index (χ0) is 18.6. The second-order valence-corrected chi connectivity index (χ2v) is 7.08. The molecule has 0 aliphatic carbocycles. The van der Waals surface area contributed by atoms with Crippen molar-refractivity contribution in [3.05, 3.63) is 48.0 Å². The van der Waals surface area contributed by atoms with Crippen molar-refractivity contribution in [2.24, 2.45) is 0 Å². The van der Waals surface area contributed by atoms with Gasteiger partial charge in [0.05, 0.1) is 24.8 Å². The van der Waals surface area contributed by atoms with E-state index in [-0.39, 0.29) is 16.5 Å². The van der Waals surface area contributed by atoms with Crippen LogP contribution in [0, 0.1) is 0 Å². The molecule has 0 unspecified atom stereocenters. The van der Waals surface area contributed by atoms with Crippen molar-refractivity contribution in [3.8, 4) is 11.5 Å². The Labute approximate surface area is 147 Å². The number of methoxy groups -OCH3 is 2. The van der Waals surface area contributed by atoms with Gasteiger partial charge in [-0.3, -0.25) is 9.52 Å². The summed E-state index contributed by atoms with van der Waals surface area (Å²) in [5, 5.41) is 0. The molecule has 0 atom stereocenters. The first-order chi connectivity index (χ1) is 11.8. The van der Waals surface area contributed by atoms with Crippen molar-refractivity contribution in [2.45, 2.75) is 4.90 Å². The lowest BCUT2D eigenvalue weighted by Crippen LogP contribution is -2.21. The highest BCUT2D eigenvalue weighted by atomic mass is 32.2. The van der Waals surface area contributed by atoms with Gasteiger partial charge in [-0.1, -0.05) is 0 Å². The van der Waals surface area contributed by atoms with Crippen LogP contribution in [0.3, 0.4) is 0 Å². The van der Waals surface area contributed by atoms with Crippen LogP contribution in [0.2, 0.25) is 0 Å². The van der Waals surface area contributed by atoms with Crippen molar-refractivity contribution in [1.29, 1.82) is 0 Å². The van der Waals surface area contributed by atoms with Gasteiger partial charge in [-0.15, -0.1) is 0 Å². The normalized spacial score (nSPS) is 10.9. The van der Waals surface area contributed by atoms with Crippen LogP contribution < -0.4 is 14.2 Å². The molecule has 0 aromatic heterocycles. The molecule has 0 aliphatic heterocycles. The molecule has 0 fully saturated rings. The highest BCUT2D eigenvalue weighted by molar-refractivity contribution is 7.92. The fraction of sp³-hybridized carbons (Fsp3) is 0.235. The second-order valence-electron chi connectivity index (χ2n) is 5.40. The Bertz CT molecular complexity index is 861. The lowest BCUT2D eigenvalue weighted by Gasteiger charge is -2.14. The lowest BCUT2D eigenvalue weighted by atomic mass is 10.2. The van der Waals surface area contributed by atoms with E-state index in [0.717, 1.165) is 0 Å².